The lowest BCUT2D eigenvalue weighted by atomic mass is 10.0. The third-order valence-corrected chi connectivity index (χ3v) is 15.2. The molecule has 0 spiro atoms. The Hall–Kier alpha value is -0.530. The molecule has 0 unspecified atom stereocenters. The predicted molar refractivity (Wildman–Crippen MR) is 299 cm³/mol. The molecule has 0 fully saturated rings. The average molecular weight is 930 g/mol. The van der Waals surface area contributed by atoms with Crippen molar-refractivity contribution in [3.05, 3.63) is 0 Å². The second kappa shape index (κ2) is 62.5. The topological polar surface area (TPSA) is 26.3 Å². The summed E-state index contributed by atoms with van der Waals surface area (Å²) in [5.74, 6) is 0.0374. The first-order valence-electron chi connectivity index (χ1n) is 32.0. The maximum Gasteiger partial charge on any atom is 0.305 e. The highest BCUT2D eigenvalue weighted by atomic mass is 16.5. The first kappa shape index (κ1) is 65.5. The molecule has 0 heterocycles. The van der Waals surface area contributed by atoms with E-state index in [0.717, 1.165) is 12.8 Å². The normalized spacial score (nSPS) is 11.6. The zero-order valence-corrected chi connectivity index (χ0v) is 46.5. The van der Waals surface area contributed by atoms with Gasteiger partial charge in [-0.15, -0.1) is 0 Å². The van der Waals surface area contributed by atoms with Crippen LogP contribution in [-0.4, -0.2) is 12.6 Å². The second-order valence-corrected chi connectivity index (χ2v) is 22.1. The van der Waals surface area contributed by atoms with Crippen LogP contribution in [0.25, 0.3) is 0 Å². The first-order valence-corrected chi connectivity index (χ1v) is 32.0. The van der Waals surface area contributed by atoms with E-state index in [4.69, 9.17) is 4.74 Å². The summed E-state index contributed by atoms with van der Waals surface area (Å²) in [6.07, 6.45) is 84.7. The third-order valence-electron chi connectivity index (χ3n) is 15.2. The molecule has 0 amide bonds. The van der Waals surface area contributed by atoms with Gasteiger partial charge < -0.3 is 4.74 Å². The van der Waals surface area contributed by atoms with Crippen molar-refractivity contribution in [3.8, 4) is 0 Å². The van der Waals surface area contributed by atoms with Crippen LogP contribution in [0.5, 0.6) is 0 Å². The fourth-order valence-corrected chi connectivity index (χ4v) is 10.5. The maximum atomic E-state index is 12.1. The first-order chi connectivity index (χ1) is 32.8. The number of hydrogen-bond acceptors (Lipinski definition) is 2. The van der Waals surface area contributed by atoms with E-state index in [1.807, 2.05) is 0 Å². The zero-order chi connectivity index (χ0) is 47.4. The number of carbonyl (C=O) groups is 1. The number of hydrogen-bond donors (Lipinski definition) is 0. The summed E-state index contributed by atoms with van der Waals surface area (Å²) in [6.45, 7) is 5.25. The highest BCUT2D eigenvalue weighted by Crippen LogP contribution is 2.19. The summed E-state index contributed by atoms with van der Waals surface area (Å²) < 4.78 is 5.53. The maximum absolute atomic E-state index is 12.1. The second-order valence-electron chi connectivity index (χ2n) is 22.1. The molecule has 0 aromatic rings. The molecule has 0 radical (unpaired) electrons. The molecule has 0 aromatic heterocycles. The van der Waals surface area contributed by atoms with Crippen molar-refractivity contribution >= 4 is 5.97 Å². The number of carbonyl (C=O) groups excluding carboxylic acids is 1. The van der Waals surface area contributed by atoms with E-state index in [9.17, 15) is 4.79 Å². The molecular formula is C64H128O2. The van der Waals surface area contributed by atoms with Gasteiger partial charge in [-0.1, -0.05) is 380 Å². The van der Waals surface area contributed by atoms with Gasteiger partial charge in [0.25, 0.3) is 0 Å². The Morgan fingerprint density at radius 3 is 0.500 bits per heavy atom. The largest absolute Gasteiger partial charge is 0.466 e. The van der Waals surface area contributed by atoms with Gasteiger partial charge in [-0.2, -0.15) is 0 Å². The van der Waals surface area contributed by atoms with E-state index < -0.39 is 0 Å². The Labute approximate surface area is 419 Å². The molecule has 66 heavy (non-hydrogen) atoms. The van der Waals surface area contributed by atoms with E-state index in [2.05, 4.69) is 13.8 Å². The quantitative estimate of drug-likeness (QED) is 0.0449. The Kier molecular flexibility index (Phi) is 62.0. The van der Waals surface area contributed by atoms with Gasteiger partial charge in [0.1, 0.15) is 0 Å². The minimum absolute atomic E-state index is 0.0374. The summed E-state index contributed by atoms with van der Waals surface area (Å²) in [5, 5.41) is 0. The molecule has 0 aliphatic rings. The number of esters is 1. The van der Waals surface area contributed by atoms with Crippen molar-refractivity contribution in [3.63, 3.8) is 0 Å². The third kappa shape index (κ3) is 61.5. The molecule has 0 saturated heterocycles. The summed E-state index contributed by atoms with van der Waals surface area (Å²) in [4.78, 5) is 12.1. The Bertz CT molecular complexity index is 837. The van der Waals surface area contributed by atoms with Crippen LogP contribution < -0.4 is 0 Å². The fraction of sp³-hybridized carbons (Fsp3) is 0.984. The molecule has 2 nitrogen and oxygen atoms in total. The van der Waals surface area contributed by atoms with E-state index in [1.54, 1.807) is 0 Å². The van der Waals surface area contributed by atoms with Gasteiger partial charge in [0, 0.05) is 6.42 Å². The molecule has 0 N–H and O–H groups in total. The fourth-order valence-electron chi connectivity index (χ4n) is 10.5. The molecule has 0 bridgehead atoms. The van der Waals surface area contributed by atoms with Crippen molar-refractivity contribution in [1.82, 2.24) is 0 Å². The van der Waals surface area contributed by atoms with Crippen LogP contribution in [0.15, 0.2) is 0 Å². The molecule has 0 atom stereocenters. The highest BCUT2D eigenvalue weighted by molar-refractivity contribution is 5.69. The van der Waals surface area contributed by atoms with Crippen LogP contribution in [0, 0.1) is 0 Å². The van der Waals surface area contributed by atoms with Crippen molar-refractivity contribution in [1.29, 1.82) is 0 Å². The Morgan fingerprint density at radius 1 is 0.197 bits per heavy atom. The minimum atomic E-state index is 0.0374. The number of rotatable bonds is 61. The van der Waals surface area contributed by atoms with Gasteiger partial charge in [0.05, 0.1) is 6.61 Å². The van der Waals surface area contributed by atoms with E-state index in [0.29, 0.717) is 13.0 Å². The standard InChI is InChI=1S/C64H128O2/c1-3-5-7-9-11-13-15-17-19-21-23-25-27-29-31-33-34-35-36-38-40-42-44-46-48-50-52-54-56-58-60-62-64(65)66-63-61-59-57-55-53-51-49-47-45-43-41-39-37-32-30-28-26-24-22-20-18-16-14-12-10-8-6-4-2/h3-63H2,1-2H3. The summed E-state index contributed by atoms with van der Waals surface area (Å²) in [6, 6.07) is 0. The van der Waals surface area contributed by atoms with Gasteiger partial charge in [0.2, 0.25) is 0 Å². The van der Waals surface area contributed by atoms with Gasteiger partial charge in [-0.3, -0.25) is 4.79 Å². The summed E-state index contributed by atoms with van der Waals surface area (Å²) in [5.41, 5.74) is 0. The monoisotopic (exact) mass is 929 g/mol. The van der Waals surface area contributed by atoms with E-state index in [-0.39, 0.29) is 5.97 Å². The SMILES string of the molecule is CCCCCCCCCCCCCCCCCCCCCCCCCCCCCCCCCC(=O)OCCCCCCCCCCCCCCCCCCCCCCCCCCCCCC. The van der Waals surface area contributed by atoms with Crippen molar-refractivity contribution < 1.29 is 9.53 Å². The van der Waals surface area contributed by atoms with Gasteiger partial charge in [-0.25, -0.2) is 0 Å². The predicted octanol–water partition coefficient (Wildman–Crippen LogP) is 24.0. The molecule has 396 valence electrons. The number of unbranched alkanes of at least 4 members (excludes halogenated alkanes) is 57. The van der Waals surface area contributed by atoms with Crippen LogP contribution >= 0.6 is 0 Å². The van der Waals surface area contributed by atoms with Crippen molar-refractivity contribution in [2.45, 2.75) is 399 Å². The van der Waals surface area contributed by atoms with E-state index in [1.165, 1.54) is 366 Å². The zero-order valence-electron chi connectivity index (χ0n) is 46.5. The Morgan fingerprint density at radius 2 is 0.333 bits per heavy atom. The van der Waals surface area contributed by atoms with Crippen LogP contribution in [0.3, 0.4) is 0 Å². The molecule has 0 aliphatic carbocycles. The van der Waals surface area contributed by atoms with Crippen LogP contribution in [0.2, 0.25) is 0 Å². The lowest BCUT2D eigenvalue weighted by molar-refractivity contribution is -0.143. The molecule has 0 saturated carbocycles. The Balaban J connectivity index is 3.14. The summed E-state index contributed by atoms with van der Waals surface area (Å²) in [7, 11) is 0. The van der Waals surface area contributed by atoms with Crippen molar-refractivity contribution in [2.75, 3.05) is 6.61 Å². The molecule has 0 rings (SSSR count). The highest BCUT2D eigenvalue weighted by Gasteiger charge is 2.04. The van der Waals surface area contributed by atoms with Gasteiger partial charge in [-0.05, 0) is 12.8 Å². The smallest absolute Gasteiger partial charge is 0.305 e. The lowest BCUT2D eigenvalue weighted by Gasteiger charge is -2.06. The lowest BCUT2D eigenvalue weighted by Crippen LogP contribution is -2.05. The van der Waals surface area contributed by atoms with Crippen LogP contribution in [0.1, 0.15) is 399 Å². The molecule has 2 heteroatoms. The van der Waals surface area contributed by atoms with Gasteiger partial charge in [0.15, 0.2) is 0 Å². The van der Waals surface area contributed by atoms with Crippen molar-refractivity contribution in [2.24, 2.45) is 0 Å². The molecular weight excluding hydrogens is 801 g/mol. The minimum Gasteiger partial charge on any atom is -0.466 e. The van der Waals surface area contributed by atoms with Crippen LogP contribution in [0.4, 0.5) is 0 Å². The molecule has 0 aliphatic heterocycles. The number of ether oxygens (including phenoxy) is 1. The summed E-state index contributed by atoms with van der Waals surface area (Å²) >= 11 is 0. The van der Waals surface area contributed by atoms with E-state index >= 15 is 0 Å². The van der Waals surface area contributed by atoms with Crippen LogP contribution in [-0.2, 0) is 9.53 Å². The molecule has 0 aromatic carbocycles. The van der Waals surface area contributed by atoms with Gasteiger partial charge >= 0.3 is 5.97 Å². The average Bonchev–Trinajstić information content (AvgIpc) is 3.32.